The summed E-state index contributed by atoms with van der Waals surface area (Å²) in [7, 11) is 0. The molecular weight excluding hydrogens is 334 g/mol. The fourth-order valence-electron chi connectivity index (χ4n) is 2.54. The standard InChI is InChI=1S/C20H19NO5/c1-3-24-13-9-10-18(25-4-2)15(11-13)21-20(23)19-12-16(22)14-7-5-6-8-17(14)26-19/h5-12H,3-4H2,1-2H3,(H,21,23). The lowest BCUT2D eigenvalue weighted by atomic mass is 10.2. The second-order valence-electron chi connectivity index (χ2n) is 5.45. The molecular formula is C20H19NO5. The van der Waals surface area contributed by atoms with E-state index in [4.69, 9.17) is 13.9 Å². The van der Waals surface area contributed by atoms with Gasteiger partial charge in [-0.15, -0.1) is 0 Å². The maximum atomic E-state index is 12.6. The average molecular weight is 353 g/mol. The van der Waals surface area contributed by atoms with Crippen molar-refractivity contribution in [1.29, 1.82) is 0 Å². The van der Waals surface area contributed by atoms with E-state index in [1.54, 1.807) is 42.5 Å². The van der Waals surface area contributed by atoms with Crippen molar-refractivity contribution in [3.63, 3.8) is 0 Å². The number of rotatable bonds is 6. The maximum Gasteiger partial charge on any atom is 0.291 e. The lowest BCUT2D eigenvalue weighted by Gasteiger charge is -2.13. The molecule has 3 aromatic rings. The van der Waals surface area contributed by atoms with E-state index in [-0.39, 0.29) is 11.2 Å². The summed E-state index contributed by atoms with van der Waals surface area (Å²) < 4.78 is 16.6. The molecule has 0 unspecified atom stereocenters. The summed E-state index contributed by atoms with van der Waals surface area (Å²) in [6, 6.07) is 13.1. The second-order valence-corrected chi connectivity index (χ2v) is 5.45. The zero-order valence-electron chi connectivity index (χ0n) is 14.6. The Morgan fingerprint density at radius 1 is 1.04 bits per heavy atom. The number of carbonyl (C=O) groups excluding carboxylic acids is 1. The largest absolute Gasteiger partial charge is 0.494 e. The van der Waals surface area contributed by atoms with Crippen molar-refractivity contribution in [2.45, 2.75) is 13.8 Å². The third kappa shape index (κ3) is 3.69. The van der Waals surface area contributed by atoms with Gasteiger partial charge >= 0.3 is 0 Å². The molecule has 6 heteroatoms. The monoisotopic (exact) mass is 353 g/mol. The van der Waals surface area contributed by atoms with E-state index in [0.29, 0.717) is 41.4 Å². The molecule has 0 radical (unpaired) electrons. The zero-order valence-corrected chi connectivity index (χ0v) is 14.6. The average Bonchev–Trinajstić information content (AvgIpc) is 2.64. The summed E-state index contributed by atoms with van der Waals surface area (Å²) in [5, 5.41) is 3.15. The number of amides is 1. The Balaban J connectivity index is 1.94. The lowest BCUT2D eigenvalue weighted by Crippen LogP contribution is -2.15. The summed E-state index contributed by atoms with van der Waals surface area (Å²) in [5.74, 6) is 0.499. The Kier molecular flexibility index (Phi) is 5.22. The van der Waals surface area contributed by atoms with Crippen LogP contribution in [0.1, 0.15) is 24.4 Å². The minimum atomic E-state index is -0.539. The molecule has 1 aromatic heterocycles. The number of para-hydroxylation sites is 1. The molecule has 2 aromatic carbocycles. The van der Waals surface area contributed by atoms with Gasteiger partial charge in [-0.25, -0.2) is 0 Å². The Labute approximate surface area is 150 Å². The summed E-state index contributed by atoms with van der Waals surface area (Å²) in [6.45, 7) is 4.67. The van der Waals surface area contributed by atoms with E-state index in [9.17, 15) is 9.59 Å². The van der Waals surface area contributed by atoms with Crippen LogP contribution in [0.3, 0.4) is 0 Å². The molecule has 6 nitrogen and oxygen atoms in total. The molecule has 3 rings (SSSR count). The van der Waals surface area contributed by atoms with Crippen molar-refractivity contribution >= 4 is 22.6 Å². The van der Waals surface area contributed by atoms with E-state index >= 15 is 0 Å². The molecule has 134 valence electrons. The van der Waals surface area contributed by atoms with Gasteiger partial charge in [0.25, 0.3) is 5.91 Å². The summed E-state index contributed by atoms with van der Waals surface area (Å²) in [5.41, 5.74) is 0.530. The van der Waals surface area contributed by atoms with E-state index < -0.39 is 5.91 Å². The Hall–Kier alpha value is -3.28. The van der Waals surface area contributed by atoms with Crippen LogP contribution >= 0.6 is 0 Å². The Morgan fingerprint density at radius 3 is 2.58 bits per heavy atom. The van der Waals surface area contributed by atoms with Gasteiger partial charge in [-0.1, -0.05) is 12.1 Å². The molecule has 0 saturated carbocycles. The molecule has 0 aliphatic carbocycles. The number of fused-ring (bicyclic) bond motifs is 1. The molecule has 0 fully saturated rings. The van der Waals surface area contributed by atoms with Crippen LogP contribution in [0.15, 0.2) is 57.7 Å². The zero-order chi connectivity index (χ0) is 18.5. The van der Waals surface area contributed by atoms with Gasteiger partial charge in [-0.05, 0) is 38.1 Å². The van der Waals surface area contributed by atoms with E-state index in [1.165, 1.54) is 6.07 Å². The number of ether oxygens (including phenoxy) is 2. The van der Waals surface area contributed by atoms with Crippen LogP contribution in [0.5, 0.6) is 11.5 Å². The minimum Gasteiger partial charge on any atom is -0.494 e. The Bertz CT molecular complexity index is 993. The van der Waals surface area contributed by atoms with Gasteiger partial charge < -0.3 is 19.2 Å². The minimum absolute atomic E-state index is 0.0713. The Morgan fingerprint density at radius 2 is 1.81 bits per heavy atom. The molecule has 1 amide bonds. The van der Waals surface area contributed by atoms with Crippen molar-refractivity contribution < 1.29 is 18.7 Å². The van der Waals surface area contributed by atoms with Gasteiger partial charge in [0.1, 0.15) is 17.1 Å². The molecule has 0 aliphatic heterocycles. The fraction of sp³-hybridized carbons (Fsp3) is 0.200. The molecule has 26 heavy (non-hydrogen) atoms. The van der Waals surface area contributed by atoms with Gasteiger partial charge in [0, 0.05) is 12.1 Å². The van der Waals surface area contributed by atoms with Gasteiger partial charge in [-0.2, -0.15) is 0 Å². The van der Waals surface area contributed by atoms with Gasteiger partial charge in [-0.3, -0.25) is 9.59 Å². The first-order valence-electron chi connectivity index (χ1n) is 8.36. The third-order valence-electron chi connectivity index (χ3n) is 3.67. The van der Waals surface area contributed by atoms with Gasteiger partial charge in [0.2, 0.25) is 0 Å². The molecule has 0 aliphatic rings. The molecule has 0 spiro atoms. The van der Waals surface area contributed by atoms with Crippen LogP contribution in [0, 0.1) is 0 Å². The number of benzene rings is 2. The van der Waals surface area contributed by atoms with E-state index in [2.05, 4.69) is 5.32 Å². The van der Waals surface area contributed by atoms with Crippen molar-refractivity contribution in [3.05, 3.63) is 64.5 Å². The van der Waals surface area contributed by atoms with Crippen LogP contribution in [-0.2, 0) is 0 Å². The summed E-state index contributed by atoms with van der Waals surface area (Å²) in [6.07, 6.45) is 0. The summed E-state index contributed by atoms with van der Waals surface area (Å²) >= 11 is 0. The highest BCUT2D eigenvalue weighted by Gasteiger charge is 2.15. The molecule has 0 bridgehead atoms. The van der Waals surface area contributed by atoms with Gasteiger partial charge in [0.15, 0.2) is 11.2 Å². The second kappa shape index (κ2) is 7.74. The van der Waals surface area contributed by atoms with Gasteiger partial charge in [0.05, 0.1) is 24.3 Å². The van der Waals surface area contributed by atoms with Crippen LogP contribution < -0.4 is 20.2 Å². The van der Waals surface area contributed by atoms with Crippen molar-refractivity contribution in [1.82, 2.24) is 0 Å². The smallest absolute Gasteiger partial charge is 0.291 e. The van der Waals surface area contributed by atoms with Crippen LogP contribution in [0.2, 0.25) is 0 Å². The van der Waals surface area contributed by atoms with Crippen LogP contribution in [0.25, 0.3) is 11.0 Å². The SMILES string of the molecule is CCOc1ccc(OCC)c(NC(=O)c2cc(=O)c3ccccc3o2)c1. The first-order valence-corrected chi connectivity index (χ1v) is 8.36. The molecule has 1 heterocycles. The quantitative estimate of drug-likeness (QED) is 0.728. The topological polar surface area (TPSA) is 77.8 Å². The number of carbonyl (C=O) groups is 1. The lowest BCUT2D eigenvalue weighted by molar-refractivity contribution is 0.0996. The number of anilines is 1. The van der Waals surface area contributed by atoms with Crippen LogP contribution in [0.4, 0.5) is 5.69 Å². The van der Waals surface area contributed by atoms with Crippen molar-refractivity contribution in [2.75, 3.05) is 18.5 Å². The molecule has 0 atom stereocenters. The van der Waals surface area contributed by atoms with E-state index in [1.807, 2.05) is 13.8 Å². The highest BCUT2D eigenvalue weighted by molar-refractivity contribution is 6.03. The normalized spacial score (nSPS) is 10.5. The molecule has 1 N–H and O–H groups in total. The maximum absolute atomic E-state index is 12.6. The number of hydrogen-bond donors (Lipinski definition) is 1. The van der Waals surface area contributed by atoms with Crippen LogP contribution in [-0.4, -0.2) is 19.1 Å². The highest BCUT2D eigenvalue weighted by Crippen LogP contribution is 2.30. The highest BCUT2D eigenvalue weighted by atomic mass is 16.5. The predicted octanol–water partition coefficient (Wildman–Crippen LogP) is 3.84. The summed E-state index contributed by atoms with van der Waals surface area (Å²) in [4.78, 5) is 24.8. The predicted molar refractivity (Wildman–Crippen MR) is 99.2 cm³/mol. The first-order chi connectivity index (χ1) is 12.6. The molecule has 0 saturated heterocycles. The number of hydrogen-bond acceptors (Lipinski definition) is 5. The third-order valence-corrected chi connectivity index (χ3v) is 3.67. The fourth-order valence-corrected chi connectivity index (χ4v) is 2.54. The van der Waals surface area contributed by atoms with Crippen molar-refractivity contribution in [3.8, 4) is 11.5 Å². The first kappa shape index (κ1) is 17.5. The number of nitrogens with one attached hydrogen (secondary N) is 1. The van der Waals surface area contributed by atoms with Crippen molar-refractivity contribution in [2.24, 2.45) is 0 Å². The van der Waals surface area contributed by atoms with E-state index in [0.717, 1.165) is 0 Å².